The van der Waals surface area contributed by atoms with Crippen LogP contribution in [0.3, 0.4) is 0 Å². The predicted octanol–water partition coefficient (Wildman–Crippen LogP) is 2.47. The summed E-state index contributed by atoms with van der Waals surface area (Å²) in [5.74, 6) is 1.50. The van der Waals surface area contributed by atoms with Gasteiger partial charge in [0.1, 0.15) is 0 Å². The number of aliphatic imine (C=N–C) groups is 1. The van der Waals surface area contributed by atoms with Gasteiger partial charge in [-0.3, -0.25) is 4.90 Å². The smallest absolute Gasteiger partial charge is 0.191 e. The zero-order chi connectivity index (χ0) is 17.4. The molecule has 0 aliphatic carbocycles. The summed E-state index contributed by atoms with van der Waals surface area (Å²) in [4.78, 5) is 9.91. The zero-order valence-corrected chi connectivity index (χ0v) is 16.3. The van der Waals surface area contributed by atoms with E-state index in [2.05, 4.69) is 55.4 Å². The second kappa shape index (κ2) is 10.0. The number of aryl methyl sites for hydroxylation is 1. The molecule has 1 aliphatic rings. The summed E-state index contributed by atoms with van der Waals surface area (Å²) in [5, 5.41) is 6.89. The van der Waals surface area contributed by atoms with Crippen LogP contribution in [-0.2, 0) is 11.3 Å². The van der Waals surface area contributed by atoms with Gasteiger partial charge >= 0.3 is 0 Å². The van der Waals surface area contributed by atoms with Gasteiger partial charge < -0.3 is 15.4 Å². The summed E-state index contributed by atoms with van der Waals surface area (Å²) >= 11 is 1.82. The Morgan fingerprint density at radius 1 is 1.29 bits per heavy atom. The van der Waals surface area contributed by atoms with Crippen LogP contribution in [0.1, 0.15) is 30.5 Å². The Bertz CT molecular complexity index is 509. The average Bonchev–Trinajstić information content (AvgIpc) is 2.99. The molecule has 0 spiro atoms. The Hall–Kier alpha value is -1.11. The second-order valence-electron chi connectivity index (χ2n) is 6.55. The number of hydrogen-bond donors (Lipinski definition) is 2. The third-order valence-electron chi connectivity index (χ3n) is 4.30. The topological polar surface area (TPSA) is 48.9 Å². The van der Waals surface area contributed by atoms with E-state index in [1.165, 1.54) is 9.75 Å². The van der Waals surface area contributed by atoms with Crippen molar-refractivity contribution in [3.63, 3.8) is 0 Å². The molecule has 1 aromatic rings. The van der Waals surface area contributed by atoms with E-state index in [9.17, 15) is 0 Å². The molecular formula is C18H32N4OS. The maximum Gasteiger partial charge on any atom is 0.191 e. The van der Waals surface area contributed by atoms with Crippen LogP contribution >= 0.6 is 11.3 Å². The fraction of sp³-hybridized carbons (Fsp3) is 0.722. The molecule has 0 aromatic carbocycles. The third-order valence-corrected chi connectivity index (χ3v) is 5.28. The monoisotopic (exact) mass is 352 g/mol. The molecule has 136 valence electrons. The summed E-state index contributed by atoms with van der Waals surface area (Å²) in [5.41, 5.74) is 0. The normalized spacial score (nSPS) is 18.0. The fourth-order valence-corrected chi connectivity index (χ4v) is 3.78. The number of morpholine rings is 1. The molecule has 1 aliphatic heterocycles. The van der Waals surface area contributed by atoms with E-state index in [0.717, 1.165) is 51.9 Å². The van der Waals surface area contributed by atoms with Gasteiger partial charge in [-0.15, -0.1) is 11.3 Å². The van der Waals surface area contributed by atoms with Crippen LogP contribution in [0.25, 0.3) is 0 Å². The predicted molar refractivity (Wildman–Crippen MR) is 103 cm³/mol. The van der Waals surface area contributed by atoms with Gasteiger partial charge in [-0.1, -0.05) is 13.8 Å². The van der Waals surface area contributed by atoms with Crippen molar-refractivity contribution in [1.82, 2.24) is 15.5 Å². The highest BCUT2D eigenvalue weighted by Crippen LogP contribution is 2.16. The van der Waals surface area contributed by atoms with Gasteiger partial charge in [0.05, 0.1) is 19.8 Å². The van der Waals surface area contributed by atoms with Gasteiger partial charge in [-0.2, -0.15) is 0 Å². The van der Waals surface area contributed by atoms with Crippen LogP contribution in [0.5, 0.6) is 0 Å². The first-order chi connectivity index (χ1) is 11.6. The molecule has 1 unspecified atom stereocenters. The number of ether oxygens (including phenoxy) is 1. The molecule has 1 saturated heterocycles. The summed E-state index contributed by atoms with van der Waals surface area (Å²) in [7, 11) is 0. The zero-order valence-electron chi connectivity index (χ0n) is 15.5. The van der Waals surface area contributed by atoms with Crippen molar-refractivity contribution in [2.75, 3.05) is 39.4 Å². The number of thiophene rings is 1. The Kier molecular flexibility index (Phi) is 8.02. The number of rotatable bonds is 7. The lowest BCUT2D eigenvalue weighted by Crippen LogP contribution is -2.52. The van der Waals surface area contributed by atoms with Crippen molar-refractivity contribution >= 4 is 17.3 Å². The fourth-order valence-electron chi connectivity index (χ4n) is 2.97. The van der Waals surface area contributed by atoms with Crippen molar-refractivity contribution in [1.29, 1.82) is 0 Å². The standard InChI is InChI=1S/C18H32N4OS/c1-5-19-18(20-12-16-7-6-15(4)24-16)21-13-17(14(2)3)22-8-10-23-11-9-22/h6-7,14,17H,5,8-13H2,1-4H3,(H2,19,20,21). The van der Waals surface area contributed by atoms with Crippen molar-refractivity contribution < 1.29 is 4.74 Å². The lowest BCUT2D eigenvalue weighted by atomic mass is 10.0. The van der Waals surface area contributed by atoms with Gasteiger partial charge in [0.25, 0.3) is 0 Å². The first kappa shape index (κ1) is 19.2. The molecule has 24 heavy (non-hydrogen) atoms. The van der Waals surface area contributed by atoms with E-state index < -0.39 is 0 Å². The number of nitrogens with zero attached hydrogens (tertiary/aromatic N) is 2. The molecule has 2 N–H and O–H groups in total. The van der Waals surface area contributed by atoms with Gasteiger partial charge in [0.15, 0.2) is 5.96 Å². The largest absolute Gasteiger partial charge is 0.379 e. The third kappa shape index (κ3) is 6.07. The van der Waals surface area contributed by atoms with Crippen molar-refractivity contribution in [2.45, 2.75) is 40.3 Å². The maximum atomic E-state index is 5.49. The molecule has 0 radical (unpaired) electrons. The summed E-state index contributed by atoms with van der Waals surface area (Å²) < 4.78 is 5.49. The van der Waals surface area contributed by atoms with Gasteiger partial charge in [0, 0.05) is 42.0 Å². The molecule has 2 rings (SSSR count). The minimum absolute atomic E-state index is 0.502. The lowest BCUT2D eigenvalue weighted by molar-refractivity contribution is 0.00752. The molecule has 5 nitrogen and oxygen atoms in total. The quantitative estimate of drug-likeness (QED) is 0.585. The molecule has 0 bridgehead atoms. The Balaban J connectivity index is 1.92. The molecule has 0 saturated carbocycles. The molecule has 1 atom stereocenters. The Morgan fingerprint density at radius 3 is 2.62 bits per heavy atom. The van der Waals surface area contributed by atoms with Crippen molar-refractivity contribution in [3.05, 3.63) is 21.9 Å². The van der Waals surface area contributed by atoms with Crippen LogP contribution in [-0.4, -0.2) is 56.3 Å². The summed E-state index contributed by atoms with van der Waals surface area (Å²) in [6, 6.07) is 4.82. The van der Waals surface area contributed by atoms with Gasteiger partial charge in [0.2, 0.25) is 0 Å². The van der Waals surface area contributed by atoms with E-state index in [1.807, 2.05) is 11.3 Å². The summed E-state index contributed by atoms with van der Waals surface area (Å²) in [6.45, 7) is 15.1. The SMILES string of the molecule is CCNC(=NCc1ccc(C)s1)NCC(C(C)C)N1CCOCC1. The van der Waals surface area contributed by atoms with E-state index in [1.54, 1.807) is 0 Å². The number of hydrogen-bond acceptors (Lipinski definition) is 4. The van der Waals surface area contributed by atoms with E-state index >= 15 is 0 Å². The highest BCUT2D eigenvalue weighted by Gasteiger charge is 2.23. The van der Waals surface area contributed by atoms with E-state index in [-0.39, 0.29) is 0 Å². The van der Waals surface area contributed by atoms with Crippen LogP contribution in [0, 0.1) is 12.8 Å². The van der Waals surface area contributed by atoms with Gasteiger partial charge in [-0.25, -0.2) is 4.99 Å². The minimum atomic E-state index is 0.502. The Labute approximate surface area is 150 Å². The molecule has 0 amide bonds. The van der Waals surface area contributed by atoms with Crippen LogP contribution in [0.2, 0.25) is 0 Å². The average molecular weight is 353 g/mol. The van der Waals surface area contributed by atoms with Crippen molar-refractivity contribution in [2.24, 2.45) is 10.9 Å². The maximum absolute atomic E-state index is 5.49. The van der Waals surface area contributed by atoms with E-state index in [0.29, 0.717) is 12.0 Å². The van der Waals surface area contributed by atoms with Crippen LogP contribution < -0.4 is 10.6 Å². The molecule has 1 aromatic heterocycles. The highest BCUT2D eigenvalue weighted by molar-refractivity contribution is 7.11. The first-order valence-corrected chi connectivity index (χ1v) is 9.81. The van der Waals surface area contributed by atoms with Crippen LogP contribution in [0.4, 0.5) is 0 Å². The van der Waals surface area contributed by atoms with E-state index in [4.69, 9.17) is 9.73 Å². The van der Waals surface area contributed by atoms with Crippen molar-refractivity contribution in [3.8, 4) is 0 Å². The van der Waals surface area contributed by atoms with Crippen LogP contribution in [0.15, 0.2) is 17.1 Å². The summed E-state index contributed by atoms with van der Waals surface area (Å²) in [6.07, 6.45) is 0. The molecule has 1 fully saturated rings. The minimum Gasteiger partial charge on any atom is -0.379 e. The first-order valence-electron chi connectivity index (χ1n) is 8.99. The highest BCUT2D eigenvalue weighted by atomic mass is 32.1. The molecular weight excluding hydrogens is 320 g/mol. The number of nitrogens with one attached hydrogen (secondary N) is 2. The second-order valence-corrected chi connectivity index (χ2v) is 7.92. The molecule has 2 heterocycles. The Morgan fingerprint density at radius 2 is 2.04 bits per heavy atom. The lowest BCUT2D eigenvalue weighted by Gasteiger charge is -2.37. The van der Waals surface area contributed by atoms with Gasteiger partial charge in [-0.05, 0) is 31.9 Å². The number of guanidine groups is 1. The molecule has 6 heteroatoms.